The van der Waals surface area contributed by atoms with E-state index in [1.165, 1.54) is 0 Å². The maximum Gasteiger partial charge on any atom is 0.323 e. The number of nitrogens with two attached hydrogens (primary N) is 1. The van der Waals surface area contributed by atoms with Crippen LogP contribution in [0.25, 0.3) is 11.0 Å². The number of hydrogen-bond donors (Lipinski definition) is 3. The Labute approximate surface area is 103 Å². The fraction of sp³-hybridized carbons (Fsp3) is 0.417. The van der Waals surface area contributed by atoms with Crippen LogP contribution in [0.4, 0.5) is 0 Å². The number of hydrogen-bond acceptors (Lipinski definition) is 4. The number of fused-ring (bicyclic) bond motifs is 1. The van der Waals surface area contributed by atoms with Gasteiger partial charge in [-0.1, -0.05) is 6.07 Å². The largest absolute Gasteiger partial charge is 0.344 e. The van der Waals surface area contributed by atoms with Gasteiger partial charge in [0, 0.05) is 5.56 Å². The van der Waals surface area contributed by atoms with Crippen LogP contribution in [-0.2, 0) is 15.3 Å². The van der Waals surface area contributed by atoms with Crippen molar-refractivity contribution < 1.29 is 9.47 Å². The quantitative estimate of drug-likeness (QED) is 0.682. The van der Waals surface area contributed by atoms with E-state index in [4.69, 9.17) is 15.2 Å². The summed E-state index contributed by atoms with van der Waals surface area (Å²) in [5.74, 6) is -0.807. The van der Waals surface area contributed by atoms with E-state index in [1.807, 2.05) is 25.1 Å². The van der Waals surface area contributed by atoms with Gasteiger partial charge in [0.1, 0.15) is 0 Å². The van der Waals surface area contributed by atoms with E-state index in [0.29, 0.717) is 13.2 Å². The molecule has 0 bridgehead atoms. The highest BCUT2D eigenvalue weighted by Gasteiger charge is 2.34. The molecule has 1 saturated heterocycles. The molecule has 96 valence electrons. The molecule has 0 aliphatic carbocycles. The second-order valence-electron chi connectivity index (χ2n) is 4.67. The highest BCUT2D eigenvalue weighted by atomic mass is 16.7. The molecule has 3 rings (SSSR count). The van der Waals surface area contributed by atoms with Gasteiger partial charge in [-0.05, 0) is 19.1 Å². The molecular weight excluding hydrogens is 234 g/mol. The first-order valence-corrected chi connectivity index (χ1v) is 5.83. The molecule has 0 unspecified atom stereocenters. The van der Waals surface area contributed by atoms with E-state index in [9.17, 15) is 4.79 Å². The van der Waals surface area contributed by atoms with Crippen LogP contribution in [0.1, 0.15) is 12.5 Å². The topological polar surface area (TPSA) is 93.1 Å². The third-order valence-corrected chi connectivity index (χ3v) is 3.19. The number of nitrogens with one attached hydrogen (secondary N) is 2. The Balaban J connectivity index is 2.00. The van der Waals surface area contributed by atoms with E-state index in [2.05, 4.69) is 9.97 Å². The van der Waals surface area contributed by atoms with E-state index in [1.54, 1.807) is 0 Å². The number of ether oxygens (including phenoxy) is 2. The highest BCUT2D eigenvalue weighted by Crippen LogP contribution is 2.31. The maximum absolute atomic E-state index is 11.2. The SMILES string of the molecule is CC1(c2ccc3[nH]c(=O)[nH]c3c2)OCC(N)CO1. The molecule has 2 aromatic rings. The molecule has 18 heavy (non-hydrogen) atoms. The smallest absolute Gasteiger partial charge is 0.323 e. The van der Waals surface area contributed by atoms with E-state index in [0.717, 1.165) is 16.6 Å². The lowest BCUT2D eigenvalue weighted by molar-refractivity contribution is -0.270. The Morgan fingerprint density at radius 3 is 2.67 bits per heavy atom. The van der Waals surface area contributed by atoms with E-state index < -0.39 is 5.79 Å². The van der Waals surface area contributed by atoms with Crippen LogP contribution in [-0.4, -0.2) is 29.2 Å². The Morgan fingerprint density at radius 2 is 1.94 bits per heavy atom. The van der Waals surface area contributed by atoms with Crippen molar-refractivity contribution in [1.29, 1.82) is 0 Å². The minimum absolute atomic E-state index is 0.0890. The van der Waals surface area contributed by atoms with Crippen molar-refractivity contribution in [3.8, 4) is 0 Å². The molecule has 0 saturated carbocycles. The predicted octanol–water partition coefficient (Wildman–Crippen LogP) is 0.403. The monoisotopic (exact) mass is 249 g/mol. The summed E-state index contributed by atoms with van der Waals surface area (Å²) < 4.78 is 11.3. The summed E-state index contributed by atoms with van der Waals surface area (Å²) in [5, 5.41) is 0. The molecule has 1 aromatic carbocycles. The lowest BCUT2D eigenvalue weighted by Crippen LogP contribution is -2.46. The minimum Gasteiger partial charge on any atom is -0.344 e. The molecule has 0 spiro atoms. The first-order chi connectivity index (χ1) is 8.57. The summed E-state index contributed by atoms with van der Waals surface area (Å²) in [5.41, 5.74) is 7.86. The van der Waals surface area contributed by atoms with Crippen LogP contribution in [0.3, 0.4) is 0 Å². The van der Waals surface area contributed by atoms with Crippen LogP contribution < -0.4 is 11.4 Å². The van der Waals surface area contributed by atoms with Gasteiger partial charge in [0.05, 0.1) is 30.3 Å². The van der Waals surface area contributed by atoms with Crippen LogP contribution in [0.15, 0.2) is 23.0 Å². The second-order valence-corrected chi connectivity index (χ2v) is 4.67. The van der Waals surface area contributed by atoms with Gasteiger partial charge >= 0.3 is 5.69 Å². The summed E-state index contributed by atoms with van der Waals surface area (Å²) in [6.07, 6.45) is 0. The predicted molar refractivity (Wildman–Crippen MR) is 66.2 cm³/mol. The van der Waals surface area contributed by atoms with E-state index >= 15 is 0 Å². The molecule has 6 nitrogen and oxygen atoms in total. The van der Waals surface area contributed by atoms with Gasteiger partial charge in [0.25, 0.3) is 0 Å². The fourth-order valence-corrected chi connectivity index (χ4v) is 2.10. The molecule has 6 heteroatoms. The number of imidazole rings is 1. The molecule has 2 heterocycles. The zero-order valence-electron chi connectivity index (χ0n) is 10.0. The van der Waals surface area contributed by atoms with Gasteiger partial charge < -0.3 is 25.2 Å². The standard InChI is InChI=1S/C12H15N3O3/c1-12(17-5-8(13)6-18-12)7-2-3-9-10(4-7)15-11(16)14-9/h2-4,8H,5-6,13H2,1H3,(H2,14,15,16). The highest BCUT2D eigenvalue weighted by molar-refractivity contribution is 5.75. The molecule has 1 aliphatic rings. The van der Waals surface area contributed by atoms with Gasteiger partial charge in [-0.25, -0.2) is 4.79 Å². The Kier molecular flexibility index (Phi) is 2.51. The van der Waals surface area contributed by atoms with Crippen molar-refractivity contribution in [2.45, 2.75) is 18.8 Å². The van der Waals surface area contributed by atoms with Gasteiger partial charge in [0.15, 0.2) is 5.79 Å². The van der Waals surface area contributed by atoms with Gasteiger partial charge in [-0.2, -0.15) is 0 Å². The lowest BCUT2D eigenvalue weighted by Gasteiger charge is -2.36. The van der Waals surface area contributed by atoms with Gasteiger partial charge in [0.2, 0.25) is 0 Å². The van der Waals surface area contributed by atoms with Crippen molar-refractivity contribution in [1.82, 2.24) is 9.97 Å². The number of aromatic nitrogens is 2. The molecule has 1 fully saturated rings. The molecule has 0 radical (unpaired) electrons. The fourth-order valence-electron chi connectivity index (χ4n) is 2.10. The van der Waals surface area contributed by atoms with Crippen molar-refractivity contribution in [2.24, 2.45) is 5.73 Å². The molecule has 0 amide bonds. The first kappa shape index (κ1) is 11.5. The summed E-state index contributed by atoms with van der Waals surface area (Å²) in [6.45, 7) is 2.77. The van der Waals surface area contributed by atoms with Crippen molar-refractivity contribution in [2.75, 3.05) is 13.2 Å². The van der Waals surface area contributed by atoms with Crippen LogP contribution in [0.2, 0.25) is 0 Å². The van der Waals surface area contributed by atoms with Crippen molar-refractivity contribution in [3.05, 3.63) is 34.2 Å². The number of rotatable bonds is 1. The molecule has 0 atom stereocenters. The Hall–Kier alpha value is -1.63. The summed E-state index contributed by atoms with van der Waals surface area (Å²) in [4.78, 5) is 16.6. The maximum atomic E-state index is 11.2. The van der Waals surface area contributed by atoms with E-state index in [-0.39, 0.29) is 11.7 Å². The summed E-state index contributed by atoms with van der Waals surface area (Å²) in [6, 6.07) is 5.47. The first-order valence-electron chi connectivity index (χ1n) is 5.83. The molecule has 1 aliphatic heterocycles. The number of benzene rings is 1. The van der Waals surface area contributed by atoms with Crippen LogP contribution >= 0.6 is 0 Å². The Morgan fingerprint density at radius 1 is 1.28 bits per heavy atom. The average molecular weight is 249 g/mol. The lowest BCUT2D eigenvalue weighted by atomic mass is 10.1. The summed E-state index contributed by atoms with van der Waals surface area (Å²) >= 11 is 0. The number of H-pyrrole nitrogens is 2. The van der Waals surface area contributed by atoms with Gasteiger partial charge in [-0.3, -0.25) is 0 Å². The number of aromatic amines is 2. The third kappa shape index (κ3) is 1.84. The minimum atomic E-state index is -0.807. The van der Waals surface area contributed by atoms with Crippen LogP contribution in [0.5, 0.6) is 0 Å². The molecule has 1 aromatic heterocycles. The molecule has 4 N–H and O–H groups in total. The third-order valence-electron chi connectivity index (χ3n) is 3.19. The van der Waals surface area contributed by atoms with Crippen molar-refractivity contribution in [3.63, 3.8) is 0 Å². The zero-order chi connectivity index (χ0) is 12.8. The second kappa shape index (κ2) is 3.94. The van der Waals surface area contributed by atoms with Crippen LogP contribution in [0, 0.1) is 0 Å². The zero-order valence-corrected chi connectivity index (χ0v) is 10.0. The van der Waals surface area contributed by atoms with Crippen molar-refractivity contribution >= 4 is 11.0 Å². The molecular formula is C12H15N3O3. The normalized spacial score (nSPS) is 28.7. The van der Waals surface area contributed by atoms with Gasteiger partial charge in [-0.15, -0.1) is 0 Å². The average Bonchev–Trinajstić information content (AvgIpc) is 2.72. The summed E-state index contributed by atoms with van der Waals surface area (Å²) in [7, 11) is 0. The Bertz CT molecular complexity index is 623.